The minimum atomic E-state index is -0.164. The molecule has 1 atom stereocenters. The smallest absolute Gasteiger partial charge is 0.254 e. The van der Waals surface area contributed by atoms with Crippen molar-refractivity contribution in [1.82, 2.24) is 15.0 Å². The molecule has 1 saturated heterocycles. The van der Waals surface area contributed by atoms with Crippen LogP contribution in [-0.4, -0.2) is 27.5 Å². The summed E-state index contributed by atoms with van der Waals surface area (Å²) in [5, 5.41) is 4.13. The summed E-state index contributed by atoms with van der Waals surface area (Å²) in [5.74, 6) is 1.10. The molecule has 1 aliphatic heterocycles. The number of benzene rings is 2. The Morgan fingerprint density at radius 2 is 1.85 bits per heavy atom. The van der Waals surface area contributed by atoms with Crippen LogP contribution in [0.1, 0.15) is 47.1 Å². The number of amides is 1. The molecule has 1 aliphatic rings. The van der Waals surface area contributed by atoms with Gasteiger partial charge in [-0.25, -0.2) is 0 Å². The minimum Gasteiger partial charge on any atom is -0.337 e. The Morgan fingerprint density at radius 1 is 1.08 bits per heavy atom. The predicted octanol–water partition coefficient (Wildman–Crippen LogP) is 4.41. The highest BCUT2D eigenvalue weighted by molar-refractivity contribution is 5.94. The number of aryl methyl sites for hydroxylation is 1. The number of nitrogens with zero attached hydrogens (tertiary/aromatic N) is 3. The molecule has 4 rings (SSSR count). The van der Waals surface area contributed by atoms with Gasteiger partial charge >= 0.3 is 0 Å². The first kappa shape index (κ1) is 16.5. The molecule has 132 valence electrons. The van der Waals surface area contributed by atoms with Gasteiger partial charge in [0.1, 0.15) is 6.04 Å². The Balaban J connectivity index is 1.61. The molecule has 1 aromatic heterocycles. The molecule has 3 aromatic rings. The highest BCUT2D eigenvalue weighted by Gasteiger charge is 2.32. The number of hydrogen-bond donors (Lipinski definition) is 0. The monoisotopic (exact) mass is 347 g/mol. The number of carbonyl (C=O) groups excluding carboxylic acids is 1. The number of piperidine rings is 1. The zero-order valence-corrected chi connectivity index (χ0v) is 14.8. The van der Waals surface area contributed by atoms with Crippen molar-refractivity contribution in [3.8, 4) is 11.4 Å². The van der Waals surface area contributed by atoms with Crippen LogP contribution in [0.2, 0.25) is 0 Å². The van der Waals surface area contributed by atoms with Gasteiger partial charge in [-0.1, -0.05) is 53.2 Å². The van der Waals surface area contributed by atoms with E-state index in [1.807, 2.05) is 66.4 Å². The predicted molar refractivity (Wildman–Crippen MR) is 98.5 cm³/mol. The van der Waals surface area contributed by atoms with Crippen molar-refractivity contribution >= 4 is 5.91 Å². The van der Waals surface area contributed by atoms with Crippen molar-refractivity contribution in [3.63, 3.8) is 0 Å². The van der Waals surface area contributed by atoms with E-state index in [0.29, 0.717) is 23.8 Å². The lowest BCUT2D eigenvalue weighted by Crippen LogP contribution is -2.38. The molecule has 0 radical (unpaired) electrons. The molecule has 0 spiro atoms. The summed E-state index contributed by atoms with van der Waals surface area (Å²) < 4.78 is 5.55. The van der Waals surface area contributed by atoms with Gasteiger partial charge in [0.05, 0.1) is 0 Å². The SMILES string of the molecule is Cc1ccc(-c2noc(C3CCCCN3C(=O)c3ccccc3)n2)cc1. The fraction of sp³-hybridized carbons (Fsp3) is 0.286. The van der Waals surface area contributed by atoms with E-state index in [9.17, 15) is 4.79 Å². The second-order valence-corrected chi connectivity index (χ2v) is 6.70. The maximum absolute atomic E-state index is 12.9. The average Bonchev–Trinajstić information content (AvgIpc) is 3.19. The van der Waals surface area contributed by atoms with E-state index in [-0.39, 0.29) is 11.9 Å². The third kappa shape index (κ3) is 3.25. The number of hydrogen-bond acceptors (Lipinski definition) is 4. The van der Waals surface area contributed by atoms with Crippen molar-refractivity contribution in [1.29, 1.82) is 0 Å². The topological polar surface area (TPSA) is 59.2 Å². The Kier molecular flexibility index (Phi) is 4.52. The number of rotatable bonds is 3. The van der Waals surface area contributed by atoms with Gasteiger partial charge in [0.2, 0.25) is 11.7 Å². The highest BCUT2D eigenvalue weighted by Crippen LogP contribution is 2.32. The lowest BCUT2D eigenvalue weighted by molar-refractivity contribution is 0.0561. The van der Waals surface area contributed by atoms with E-state index >= 15 is 0 Å². The zero-order valence-electron chi connectivity index (χ0n) is 14.8. The summed E-state index contributed by atoms with van der Waals surface area (Å²) in [6.07, 6.45) is 2.88. The molecule has 2 heterocycles. The molecule has 0 saturated carbocycles. The van der Waals surface area contributed by atoms with Crippen LogP contribution in [0.3, 0.4) is 0 Å². The molecule has 1 fully saturated rings. The van der Waals surface area contributed by atoms with Gasteiger partial charge in [-0.3, -0.25) is 4.79 Å². The Hall–Kier alpha value is -2.95. The number of likely N-dealkylation sites (tertiary alicyclic amines) is 1. The molecule has 1 unspecified atom stereocenters. The molecule has 2 aromatic carbocycles. The summed E-state index contributed by atoms with van der Waals surface area (Å²) >= 11 is 0. The van der Waals surface area contributed by atoms with Crippen molar-refractivity contribution in [2.24, 2.45) is 0 Å². The van der Waals surface area contributed by atoms with Gasteiger partial charge in [-0.15, -0.1) is 0 Å². The summed E-state index contributed by atoms with van der Waals surface area (Å²) in [5.41, 5.74) is 2.80. The average molecular weight is 347 g/mol. The third-order valence-corrected chi connectivity index (χ3v) is 4.82. The number of aromatic nitrogens is 2. The zero-order chi connectivity index (χ0) is 17.9. The maximum Gasteiger partial charge on any atom is 0.254 e. The first-order chi connectivity index (χ1) is 12.7. The van der Waals surface area contributed by atoms with E-state index in [1.54, 1.807) is 0 Å². The quantitative estimate of drug-likeness (QED) is 0.704. The fourth-order valence-electron chi connectivity index (χ4n) is 3.37. The van der Waals surface area contributed by atoms with Crippen molar-refractivity contribution in [2.45, 2.75) is 32.2 Å². The van der Waals surface area contributed by atoms with Gasteiger partial charge in [0, 0.05) is 17.7 Å². The summed E-state index contributed by atoms with van der Waals surface area (Å²) in [6, 6.07) is 17.2. The maximum atomic E-state index is 12.9. The van der Waals surface area contributed by atoms with Crippen LogP contribution in [0, 0.1) is 6.92 Å². The first-order valence-electron chi connectivity index (χ1n) is 8.99. The molecular weight excluding hydrogens is 326 g/mol. The van der Waals surface area contributed by atoms with E-state index in [2.05, 4.69) is 10.1 Å². The standard InChI is InChI=1S/C21H21N3O2/c1-15-10-12-16(13-11-15)19-22-20(26-23-19)18-9-5-6-14-24(18)21(25)17-7-3-2-4-8-17/h2-4,7-8,10-13,18H,5-6,9,14H2,1H3. The first-order valence-corrected chi connectivity index (χ1v) is 8.99. The molecular formula is C21H21N3O2. The van der Waals surface area contributed by atoms with Crippen molar-refractivity contribution < 1.29 is 9.32 Å². The van der Waals surface area contributed by atoms with Crippen LogP contribution >= 0.6 is 0 Å². The molecule has 0 N–H and O–H groups in total. The van der Waals surface area contributed by atoms with Crippen LogP contribution in [-0.2, 0) is 0 Å². The van der Waals surface area contributed by atoms with Gasteiger partial charge in [-0.05, 0) is 38.3 Å². The van der Waals surface area contributed by atoms with Crippen molar-refractivity contribution in [3.05, 3.63) is 71.6 Å². The van der Waals surface area contributed by atoms with Crippen LogP contribution < -0.4 is 0 Å². The van der Waals surface area contributed by atoms with Crippen molar-refractivity contribution in [2.75, 3.05) is 6.54 Å². The van der Waals surface area contributed by atoms with E-state index in [1.165, 1.54) is 5.56 Å². The summed E-state index contributed by atoms with van der Waals surface area (Å²) in [7, 11) is 0. The molecule has 5 nitrogen and oxygen atoms in total. The molecule has 5 heteroatoms. The normalized spacial score (nSPS) is 17.3. The Labute approximate surface area is 152 Å². The lowest BCUT2D eigenvalue weighted by Gasteiger charge is -2.33. The number of carbonyl (C=O) groups is 1. The van der Waals surface area contributed by atoms with E-state index in [0.717, 1.165) is 24.8 Å². The van der Waals surface area contributed by atoms with E-state index in [4.69, 9.17) is 4.52 Å². The van der Waals surface area contributed by atoms with Crippen LogP contribution in [0.25, 0.3) is 11.4 Å². The van der Waals surface area contributed by atoms with E-state index < -0.39 is 0 Å². The molecule has 1 amide bonds. The summed E-state index contributed by atoms with van der Waals surface area (Å²) in [4.78, 5) is 19.4. The third-order valence-electron chi connectivity index (χ3n) is 4.82. The van der Waals surface area contributed by atoms with Gasteiger partial charge in [0.25, 0.3) is 5.91 Å². The largest absolute Gasteiger partial charge is 0.337 e. The van der Waals surface area contributed by atoms with Gasteiger partial charge in [0.15, 0.2) is 0 Å². The lowest BCUT2D eigenvalue weighted by atomic mass is 10.0. The second kappa shape index (κ2) is 7.12. The minimum absolute atomic E-state index is 0.0189. The second-order valence-electron chi connectivity index (χ2n) is 6.70. The molecule has 0 aliphatic carbocycles. The molecule has 26 heavy (non-hydrogen) atoms. The highest BCUT2D eigenvalue weighted by atomic mass is 16.5. The van der Waals surface area contributed by atoms with Crippen LogP contribution in [0.4, 0.5) is 0 Å². The van der Waals surface area contributed by atoms with Crippen LogP contribution in [0.5, 0.6) is 0 Å². The Morgan fingerprint density at radius 3 is 2.62 bits per heavy atom. The van der Waals surface area contributed by atoms with Crippen LogP contribution in [0.15, 0.2) is 59.1 Å². The Bertz CT molecular complexity index is 887. The summed E-state index contributed by atoms with van der Waals surface area (Å²) in [6.45, 7) is 2.75. The van der Waals surface area contributed by atoms with Gasteiger partial charge < -0.3 is 9.42 Å². The van der Waals surface area contributed by atoms with Gasteiger partial charge in [-0.2, -0.15) is 4.98 Å². The molecule has 0 bridgehead atoms. The fourth-order valence-corrected chi connectivity index (χ4v) is 3.37.